The molecule has 1 aromatic heterocycles. The van der Waals surface area contributed by atoms with Gasteiger partial charge in [0.05, 0.1) is 17.4 Å². The van der Waals surface area contributed by atoms with Gasteiger partial charge in [0.1, 0.15) is 0 Å². The van der Waals surface area contributed by atoms with E-state index < -0.39 is 0 Å². The average molecular weight is 226 g/mol. The van der Waals surface area contributed by atoms with Crippen LogP contribution in [0, 0.1) is 5.41 Å². The van der Waals surface area contributed by atoms with Gasteiger partial charge in [-0.1, -0.05) is 24.9 Å². The Balaban J connectivity index is 1.85. The monoisotopic (exact) mass is 225 g/mol. The molecule has 1 aliphatic carbocycles. The summed E-state index contributed by atoms with van der Waals surface area (Å²) in [6, 6.07) is 0. The van der Waals surface area contributed by atoms with E-state index in [-0.39, 0.29) is 0 Å². The zero-order chi connectivity index (χ0) is 10.7. The first-order valence-corrected chi connectivity index (χ1v) is 5.83. The molecule has 1 aromatic rings. The smallest absolute Gasteiger partial charge is 0.222 e. The molecule has 1 aliphatic rings. The minimum absolute atomic E-state index is 0.526. The molecule has 0 atom stereocenters. The number of nitrogens with one attached hydrogen (secondary N) is 1. The van der Waals surface area contributed by atoms with Gasteiger partial charge >= 0.3 is 0 Å². The molecule has 3 nitrogen and oxygen atoms in total. The fourth-order valence-electron chi connectivity index (χ4n) is 1.89. The molecule has 15 heavy (non-hydrogen) atoms. The van der Waals surface area contributed by atoms with E-state index in [1.54, 1.807) is 12.4 Å². The van der Waals surface area contributed by atoms with E-state index in [0.717, 1.165) is 6.54 Å². The molecule has 82 valence electrons. The van der Waals surface area contributed by atoms with Gasteiger partial charge in [0.15, 0.2) is 0 Å². The van der Waals surface area contributed by atoms with E-state index in [1.165, 1.54) is 25.7 Å². The summed E-state index contributed by atoms with van der Waals surface area (Å²) >= 11 is 5.71. The van der Waals surface area contributed by atoms with Gasteiger partial charge in [-0.15, -0.1) is 0 Å². The lowest BCUT2D eigenvalue weighted by molar-refractivity contribution is 0.484. The second kappa shape index (κ2) is 4.35. The van der Waals surface area contributed by atoms with E-state index in [2.05, 4.69) is 22.2 Å². The van der Waals surface area contributed by atoms with Crippen LogP contribution < -0.4 is 5.32 Å². The molecule has 1 saturated carbocycles. The maximum absolute atomic E-state index is 5.71. The highest BCUT2D eigenvalue weighted by atomic mass is 35.5. The predicted molar refractivity (Wildman–Crippen MR) is 62.1 cm³/mol. The summed E-state index contributed by atoms with van der Waals surface area (Å²) in [6.45, 7) is 3.22. The first-order valence-electron chi connectivity index (χ1n) is 5.45. The molecule has 4 heteroatoms. The van der Waals surface area contributed by atoms with Gasteiger partial charge < -0.3 is 5.32 Å². The van der Waals surface area contributed by atoms with Crippen molar-refractivity contribution in [1.29, 1.82) is 0 Å². The van der Waals surface area contributed by atoms with Crippen LogP contribution >= 0.6 is 11.6 Å². The van der Waals surface area contributed by atoms with Crippen LogP contribution in [0.5, 0.6) is 0 Å². The summed E-state index contributed by atoms with van der Waals surface area (Å²) in [6.07, 6.45) is 8.46. The summed E-state index contributed by atoms with van der Waals surface area (Å²) in [5, 5.41) is 3.86. The number of aromatic nitrogens is 2. The van der Waals surface area contributed by atoms with Crippen LogP contribution in [0.3, 0.4) is 0 Å². The van der Waals surface area contributed by atoms with E-state index in [1.807, 2.05) is 0 Å². The van der Waals surface area contributed by atoms with Crippen molar-refractivity contribution in [2.45, 2.75) is 32.6 Å². The Morgan fingerprint density at radius 3 is 2.60 bits per heavy atom. The fraction of sp³-hybridized carbons (Fsp3) is 0.636. The molecule has 0 unspecified atom stereocenters. The molecular formula is C11H16ClN3. The molecule has 0 aromatic carbocycles. The summed E-state index contributed by atoms with van der Waals surface area (Å²) < 4.78 is 0. The molecule has 1 heterocycles. The third kappa shape index (κ3) is 2.81. The fourth-order valence-corrected chi connectivity index (χ4v) is 1.99. The zero-order valence-electron chi connectivity index (χ0n) is 8.96. The maximum atomic E-state index is 5.71. The van der Waals surface area contributed by atoms with Gasteiger partial charge in [0.25, 0.3) is 0 Å². The quantitative estimate of drug-likeness (QED) is 0.837. The number of halogens is 1. The minimum atomic E-state index is 0.526. The van der Waals surface area contributed by atoms with E-state index in [4.69, 9.17) is 11.6 Å². The van der Waals surface area contributed by atoms with Gasteiger partial charge in [-0.2, -0.15) is 0 Å². The van der Waals surface area contributed by atoms with Crippen molar-refractivity contribution >= 4 is 17.5 Å². The van der Waals surface area contributed by atoms with E-state index >= 15 is 0 Å². The Hall–Kier alpha value is -0.830. The second-order valence-corrected chi connectivity index (χ2v) is 4.76. The molecular weight excluding hydrogens is 210 g/mol. The second-order valence-electron chi connectivity index (χ2n) is 4.33. The molecule has 1 fully saturated rings. The Labute approximate surface area is 95.3 Å². The van der Waals surface area contributed by atoms with Crippen molar-refractivity contribution in [3.63, 3.8) is 0 Å². The van der Waals surface area contributed by atoms with Crippen LogP contribution in [0.25, 0.3) is 0 Å². The molecule has 1 N–H and O–H groups in total. The molecule has 0 bridgehead atoms. The molecule has 0 radical (unpaired) electrons. The number of anilines is 1. The molecule has 0 aliphatic heterocycles. The van der Waals surface area contributed by atoms with Crippen LogP contribution in [-0.2, 0) is 0 Å². The number of hydrogen-bond acceptors (Lipinski definition) is 3. The summed E-state index contributed by atoms with van der Waals surface area (Å²) in [5.41, 5.74) is 0.526. The minimum Gasteiger partial charge on any atom is -0.354 e. The number of rotatable bonds is 5. The highest BCUT2D eigenvalue weighted by molar-refractivity contribution is 6.30. The Bertz CT molecular complexity index is 319. The first-order chi connectivity index (χ1) is 7.24. The molecule has 0 spiro atoms. The van der Waals surface area contributed by atoms with Crippen molar-refractivity contribution in [3.05, 3.63) is 17.4 Å². The summed E-state index contributed by atoms with van der Waals surface area (Å²) in [5.74, 6) is 0.682. The first kappa shape index (κ1) is 10.7. The topological polar surface area (TPSA) is 37.8 Å². The number of nitrogens with zero attached hydrogens (tertiary/aromatic N) is 2. The van der Waals surface area contributed by atoms with Gasteiger partial charge in [-0.3, -0.25) is 0 Å². The van der Waals surface area contributed by atoms with Gasteiger partial charge in [-0.25, -0.2) is 9.97 Å². The van der Waals surface area contributed by atoms with Gasteiger partial charge in [0.2, 0.25) is 5.95 Å². The lowest BCUT2D eigenvalue weighted by Crippen LogP contribution is -2.16. The van der Waals surface area contributed by atoms with Crippen molar-refractivity contribution < 1.29 is 0 Å². The standard InChI is InChI=1S/C11H16ClN3/c1-2-3-11(4-5-11)8-15-10-13-6-9(12)7-14-10/h6-7H,2-5,8H2,1H3,(H,13,14,15). The zero-order valence-corrected chi connectivity index (χ0v) is 9.72. The lowest BCUT2D eigenvalue weighted by atomic mass is 10.0. The van der Waals surface area contributed by atoms with Crippen LogP contribution in [0.2, 0.25) is 5.02 Å². The average Bonchev–Trinajstić information content (AvgIpc) is 2.99. The normalized spacial score (nSPS) is 17.5. The van der Waals surface area contributed by atoms with Crippen molar-refractivity contribution in [3.8, 4) is 0 Å². The van der Waals surface area contributed by atoms with E-state index in [0.29, 0.717) is 16.4 Å². The molecule has 0 saturated heterocycles. The van der Waals surface area contributed by atoms with Crippen molar-refractivity contribution in [2.24, 2.45) is 5.41 Å². The summed E-state index contributed by atoms with van der Waals surface area (Å²) in [4.78, 5) is 8.23. The van der Waals surface area contributed by atoms with Crippen LogP contribution in [0.15, 0.2) is 12.4 Å². The number of hydrogen-bond donors (Lipinski definition) is 1. The van der Waals surface area contributed by atoms with Gasteiger partial charge in [-0.05, 0) is 24.7 Å². The Kier molecular flexibility index (Phi) is 3.10. The predicted octanol–water partition coefficient (Wildman–Crippen LogP) is 3.12. The maximum Gasteiger partial charge on any atom is 0.222 e. The Morgan fingerprint density at radius 2 is 2.07 bits per heavy atom. The van der Waals surface area contributed by atoms with Crippen LogP contribution in [-0.4, -0.2) is 16.5 Å². The lowest BCUT2D eigenvalue weighted by Gasteiger charge is -2.14. The third-order valence-electron chi connectivity index (χ3n) is 2.98. The van der Waals surface area contributed by atoms with E-state index in [9.17, 15) is 0 Å². The SMILES string of the molecule is CCCC1(CNc2ncc(Cl)cn2)CC1. The Morgan fingerprint density at radius 1 is 1.40 bits per heavy atom. The highest BCUT2D eigenvalue weighted by Gasteiger charge is 2.41. The highest BCUT2D eigenvalue weighted by Crippen LogP contribution is 2.49. The van der Waals surface area contributed by atoms with Crippen LogP contribution in [0.4, 0.5) is 5.95 Å². The molecule has 2 rings (SSSR count). The largest absolute Gasteiger partial charge is 0.354 e. The van der Waals surface area contributed by atoms with Gasteiger partial charge in [0, 0.05) is 6.54 Å². The third-order valence-corrected chi connectivity index (χ3v) is 3.17. The van der Waals surface area contributed by atoms with Crippen molar-refractivity contribution in [1.82, 2.24) is 9.97 Å². The summed E-state index contributed by atoms with van der Waals surface area (Å²) in [7, 11) is 0. The molecule has 0 amide bonds. The van der Waals surface area contributed by atoms with Crippen LogP contribution in [0.1, 0.15) is 32.6 Å². The van der Waals surface area contributed by atoms with Crippen molar-refractivity contribution in [2.75, 3.05) is 11.9 Å².